The lowest BCUT2D eigenvalue weighted by Gasteiger charge is -2.31. The zero-order chi connectivity index (χ0) is 42.1. The van der Waals surface area contributed by atoms with E-state index in [4.69, 9.17) is 14.2 Å². The first-order chi connectivity index (χ1) is 27.6. The first-order valence-electron chi connectivity index (χ1n) is 24.2. The first kappa shape index (κ1) is 55.1. The summed E-state index contributed by atoms with van der Waals surface area (Å²) in [6.45, 7) is 4.76. The highest BCUT2D eigenvalue weighted by Crippen LogP contribution is 2.16. The highest BCUT2D eigenvalue weighted by Gasteiger charge is 2.31. The number of likely N-dealkylation sites (N-methyl/N-ethyl adjacent to an activating group) is 1. The molecule has 8 heteroatoms. The largest absolute Gasteiger partial charge is 0.477 e. The summed E-state index contributed by atoms with van der Waals surface area (Å²) < 4.78 is 17.3. The molecule has 0 heterocycles. The highest BCUT2D eigenvalue weighted by molar-refractivity contribution is 5.72. The average molecular weight is 809 g/mol. The quantitative estimate of drug-likeness (QED) is 0.0283. The molecule has 0 aromatic carbocycles. The predicted molar refractivity (Wildman–Crippen MR) is 239 cm³/mol. The van der Waals surface area contributed by atoms with E-state index in [1.54, 1.807) is 0 Å². The zero-order valence-electron chi connectivity index (χ0n) is 38.3. The van der Waals surface area contributed by atoms with Gasteiger partial charge in [0.2, 0.25) is 0 Å². The molecule has 0 rings (SSSR count). The maximum atomic E-state index is 12.7. The number of carboxylic acids is 1. The van der Waals surface area contributed by atoms with Crippen molar-refractivity contribution in [3.8, 4) is 0 Å². The SMILES string of the molecule is CCCCCC/C=C/CCCCCCCCCC(=O)OC(COCCC(C(=O)O)[N+](C)(C)C)COC(=O)CCCCCCCCCCCCCCCCCCCC. The van der Waals surface area contributed by atoms with Crippen LogP contribution >= 0.6 is 0 Å². The molecule has 0 fully saturated rings. The number of carbonyl (C=O) groups excluding carboxylic acids is 2. The molecule has 8 nitrogen and oxygen atoms in total. The van der Waals surface area contributed by atoms with Gasteiger partial charge in [-0.2, -0.15) is 0 Å². The van der Waals surface area contributed by atoms with Crippen LogP contribution in [0.5, 0.6) is 0 Å². The van der Waals surface area contributed by atoms with Gasteiger partial charge in [-0.1, -0.05) is 187 Å². The van der Waals surface area contributed by atoms with Crippen LogP contribution in [0.4, 0.5) is 0 Å². The van der Waals surface area contributed by atoms with Crippen molar-refractivity contribution in [2.24, 2.45) is 0 Å². The summed E-state index contributed by atoms with van der Waals surface area (Å²) in [7, 11) is 5.54. The van der Waals surface area contributed by atoms with Crippen LogP contribution in [0.1, 0.15) is 232 Å². The molecule has 0 saturated carbocycles. The third-order valence-corrected chi connectivity index (χ3v) is 11.2. The number of hydrogen-bond donors (Lipinski definition) is 1. The van der Waals surface area contributed by atoms with E-state index >= 15 is 0 Å². The molecule has 1 N–H and O–H groups in total. The number of allylic oxidation sites excluding steroid dienone is 2. The van der Waals surface area contributed by atoms with E-state index in [2.05, 4.69) is 26.0 Å². The van der Waals surface area contributed by atoms with Crippen molar-refractivity contribution in [2.45, 2.75) is 244 Å². The number of aliphatic carboxylic acids is 1. The van der Waals surface area contributed by atoms with Gasteiger partial charge in [0.1, 0.15) is 6.61 Å². The average Bonchev–Trinajstić information content (AvgIpc) is 3.17. The maximum absolute atomic E-state index is 12.7. The number of quaternary nitrogens is 1. The van der Waals surface area contributed by atoms with Gasteiger partial charge in [-0.15, -0.1) is 0 Å². The van der Waals surface area contributed by atoms with Crippen molar-refractivity contribution in [1.82, 2.24) is 0 Å². The smallest absolute Gasteiger partial charge is 0.362 e. The Morgan fingerprint density at radius 1 is 0.509 bits per heavy atom. The maximum Gasteiger partial charge on any atom is 0.362 e. The lowest BCUT2D eigenvalue weighted by molar-refractivity contribution is -0.887. The molecule has 2 unspecified atom stereocenters. The van der Waals surface area contributed by atoms with Crippen LogP contribution in [0.25, 0.3) is 0 Å². The molecular formula is C49H94NO7+. The Morgan fingerprint density at radius 3 is 1.28 bits per heavy atom. The minimum atomic E-state index is -0.872. The number of esters is 2. The molecule has 2 atom stereocenters. The Kier molecular flexibility index (Phi) is 39.4. The van der Waals surface area contributed by atoms with Gasteiger partial charge in [0.15, 0.2) is 12.1 Å². The third kappa shape index (κ3) is 39.3. The van der Waals surface area contributed by atoms with E-state index in [1.165, 1.54) is 161 Å². The molecular weight excluding hydrogens is 715 g/mol. The van der Waals surface area contributed by atoms with E-state index in [0.717, 1.165) is 38.5 Å². The molecule has 0 radical (unpaired) electrons. The second-order valence-corrected chi connectivity index (χ2v) is 17.7. The molecule has 0 bridgehead atoms. The van der Waals surface area contributed by atoms with E-state index in [9.17, 15) is 19.5 Å². The van der Waals surface area contributed by atoms with Crippen LogP contribution in [0.3, 0.4) is 0 Å². The molecule has 0 aliphatic heterocycles. The van der Waals surface area contributed by atoms with Gasteiger partial charge in [0.25, 0.3) is 0 Å². The fraction of sp³-hybridized carbons (Fsp3) is 0.898. The number of ether oxygens (including phenoxy) is 3. The summed E-state index contributed by atoms with van der Waals surface area (Å²) in [6, 6.07) is -0.611. The molecule has 0 amide bonds. The van der Waals surface area contributed by atoms with Crippen molar-refractivity contribution in [3.63, 3.8) is 0 Å². The van der Waals surface area contributed by atoms with Crippen LogP contribution in [-0.4, -0.2) is 80.6 Å². The Morgan fingerprint density at radius 2 is 0.877 bits per heavy atom. The number of carbonyl (C=O) groups is 3. The Balaban J connectivity index is 4.24. The number of nitrogens with zero attached hydrogens (tertiary/aromatic N) is 1. The van der Waals surface area contributed by atoms with Crippen LogP contribution < -0.4 is 0 Å². The van der Waals surface area contributed by atoms with Crippen LogP contribution in [-0.2, 0) is 28.6 Å². The summed E-state index contributed by atoms with van der Waals surface area (Å²) in [6.07, 6.45) is 43.9. The van der Waals surface area contributed by atoms with Gasteiger partial charge in [-0.05, 0) is 38.5 Å². The molecule has 57 heavy (non-hydrogen) atoms. The van der Waals surface area contributed by atoms with Crippen LogP contribution in [0.2, 0.25) is 0 Å². The Bertz CT molecular complexity index is 947. The summed E-state index contributed by atoms with van der Waals surface area (Å²) in [5.74, 6) is -1.45. The molecule has 0 aromatic rings. The Hall–Kier alpha value is -1.93. The molecule has 336 valence electrons. The monoisotopic (exact) mass is 809 g/mol. The van der Waals surface area contributed by atoms with Crippen molar-refractivity contribution >= 4 is 17.9 Å². The fourth-order valence-electron chi connectivity index (χ4n) is 7.38. The van der Waals surface area contributed by atoms with Gasteiger partial charge >= 0.3 is 17.9 Å². The van der Waals surface area contributed by atoms with Crippen LogP contribution in [0.15, 0.2) is 12.2 Å². The summed E-state index contributed by atoms with van der Waals surface area (Å²) in [5.41, 5.74) is 0. The summed E-state index contributed by atoms with van der Waals surface area (Å²) >= 11 is 0. The van der Waals surface area contributed by atoms with E-state index in [-0.39, 0.29) is 36.2 Å². The van der Waals surface area contributed by atoms with Gasteiger partial charge in [0.05, 0.1) is 34.4 Å². The predicted octanol–water partition coefficient (Wildman–Crippen LogP) is 13.5. The van der Waals surface area contributed by atoms with Gasteiger partial charge in [0, 0.05) is 19.3 Å². The molecule has 0 saturated heterocycles. The summed E-state index contributed by atoms with van der Waals surface area (Å²) in [4.78, 5) is 37.1. The lowest BCUT2D eigenvalue weighted by atomic mass is 10.0. The molecule has 0 aliphatic carbocycles. The number of unbranched alkanes of at least 4 members (excludes halogenated alkanes) is 28. The minimum absolute atomic E-state index is 0.0463. The topological polar surface area (TPSA) is 99.1 Å². The number of carboxylic acid groups (broad SMARTS) is 1. The minimum Gasteiger partial charge on any atom is -0.477 e. The van der Waals surface area contributed by atoms with E-state index < -0.39 is 18.1 Å². The van der Waals surface area contributed by atoms with Crippen molar-refractivity contribution < 1.29 is 38.2 Å². The van der Waals surface area contributed by atoms with E-state index in [1.807, 2.05) is 21.1 Å². The second-order valence-electron chi connectivity index (χ2n) is 17.7. The zero-order valence-corrected chi connectivity index (χ0v) is 38.3. The van der Waals surface area contributed by atoms with Gasteiger partial charge in [-0.3, -0.25) is 9.59 Å². The standard InChI is InChI=1S/C49H93NO7/c1-6-8-10-12-14-16-18-20-22-23-24-26-27-29-31-33-35-37-39-47(51)56-44-45(43-55-42-41-46(49(53)54)50(3,4)5)57-48(52)40-38-36-34-32-30-28-25-21-19-17-15-13-11-9-7-2/h17,19,45-46H,6-16,18,20-44H2,1-5H3/p+1/b19-17+. The van der Waals surface area contributed by atoms with Gasteiger partial charge in [-0.25, -0.2) is 4.79 Å². The lowest BCUT2D eigenvalue weighted by Crippen LogP contribution is -2.50. The molecule has 0 aliphatic rings. The third-order valence-electron chi connectivity index (χ3n) is 11.2. The fourth-order valence-corrected chi connectivity index (χ4v) is 7.38. The van der Waals surface area contributed by atoms with Crippen LogP contribution in [0, 0.1) is 0 Å². The van der Waals surface area contributed by atoms with E-state index in [0.29, 0.717) is 19.3 Å². The second kappa shape index (κ2) is 40.8. The van der Waals surface area contributed by atoms with Crippen molar-refractivity contribution in [2.75, 3.05) is 41.0 Å². The normalized spacial score (nSPS) is 12.9. The van der Waals surface area contributed by atoms with Gasteiger partial charge < -0.3 is 23.8 Å². The van der Waals surface area contributed by atoms with Crippen molar-refractivity contribution in [3.05, 3.63) is 12.2 Å². The van der Waals surface area contributed by atoms with Crippen molar-refractivity contribution in [1.29, 1.82) is 0 Å². The highest BCUT2D eigenvalue weighted by atomic mass is 16.6. The summed E-state index contributed by atoms with van der Waals surface area (Å²) in [5, 5.41) is 9.63. The first-order valence-corrected chi connectivity index (χ1v) is 24.2. The molecule has 0 spiro atoms. The number of rotatable bonds is 44. The Labute approximate surface area is 352 Å². The molecule has 0 aromatic heterocycles. The number of hydrogen-bond acceptors (Lipinski definition) is 6.